The predicted octanol–water partition coefficient (Wildman–Crippen LogP) is 3.61. The van der Waals surface area contributed by atoms with Gasteiger partial charge < -0.3 is 9.47 Å². The van der Waals surface area contributed by atoms with E-state index in [1.165, 1.54) is 23.5 Å². The summed E-state index contributed by atoms with van der Waals surface area (Å²) in [7, 11) is 0. The molecule has 1 saturated heterocycles. The minimum atomic E-state index is 0.463. The first-order chi connectivity index (χ1) is 9.38. The minimum absolute atomic E-state index is 0.463. The van der Waals surface area contributed by atoms with Crippen LogP contribution in [0, 0.1) is 17.8 Å². The van der Waals surface area contributed by atoms with E-state index in [2.05, 4.69) is 24.0 Å². The van der Waals surface area contributed by atoms with Crippen molar-refractivity contribution in [1.29, 1.82) is 0 Å². The maximum absolute atomic E-state index is 5.50. The van der Waals surface area contributed by atoms with Gasteiger partial charge in [-0.2, -0.15) is 0 Å². The monoisotopic (exact) mass is 276 g/mol. The fourth-order valence-corrected chi connectivity index (χ4v) is 3.04. The van der Waals surface area contributed by atoms with Crippen molar-refractivity contribution in [2.75, 3.05) is 25.6 Å². The van der Waals surface area contributed by atoms with Gasteiger partial charge in [0.05, 0.1) is 0 Å². The van der Waals surface area contributed by atoms with E-state index in [1.807, 2.05) is 30.8 Å². The van der Waals surface area contributed by atoms with E-state index in [0.717, 1.165) is 24.9 Å². The predicted molar refractivity (Wildman–Crippen MR) is 79.7 cm³/mol. The summed E-state index contributed by atoms with van der Waals surface area (Å²) in [5.74, 6) is 8.58. The van der Waals surface area contributed by atoms with Crippen molar-refractivity contribution >= 4 is 11.8 Å². The first-order valence-electron chi connectivity index (χ1n) is 6.71. The molecule has 0 amide bonds. The van der Waals surface area contributed by atoms with Gasteiger partial charge in [0.2, 0.25) is 0 Å². The van der Waals surface area contributed by atoms with Crippen molar-refractivity contribution < 1.29 is 9.47 Å². The molecule has 2 nitrogen and oxygen atoms in total. The van der Waals surface area contributed by atoms with E-state index in [4.69, 9.17) is 9.47 Å². The Morgan fingerprint density at radius 2 is 2.00 bits per heavy atom. The molecule has 0 aliphatic carbocycles. The van der Waals surface area contributed by atoms with Crippen LogP contribution in [-0.2, 0) is 4.74 Å². The topological polar surface area (TPSA) is 18.5 Å². The molecule has 0 saturated carbocycles. The molecule has 102 valence electrons. The molecule has 0 radical (unpaired) electrons. The van der Waals surface area contributed by atoms with Gasteiger partial charge in [-0.1, -0.05) is 5.92 Å². The summed E-state index contributed by atoms with van der Waals surface area (Å²) < 4.78 is 10.9. The summed E-state index contributed by atoms with van der Waals surface area (Å²) in [6.45, 7) is 4.14. The van der Waals surface area contributed by atoms with E-state index in [9.17, 15) is 0 Å². The maximum atomic E-state index is 5.50. The summed E-state index contributed by atoms with van der Waals surface area (Å²) in [6.07, 6.45) is 2.40. The zero-order valence-corrected chi connectivity index (χ0v) is 12.2. The van der Waals surface area contributed by atoms with Gasteiger partial charge in [-0.3, -0.25) is 0 Å². The molecular weight excluding hydrogens is 256 g/mol. The van der Waals surface area contributed by atoms with Crippen LogP contribution in [0.5, 0.6) is 5.75 Å². The largest absolute Gasteiger partial charge is 0.481 e. The van der Waals surface area contributed by atoms with Gasteiger partial charge in [-0.15, -0.1) is 17.7 Å². The smallest absolute Gasteiger partial charge is 0.149 e. The normalized spacial score (nSPS) is 15.6. The van der Waals surface area contributed by atoms with Crippen LogP contribution in [0.25, 0.3) is 0 Å². The maximum Gasteiger partial charge on any atom is 0.149 e. The second-order valence-electron chi connectivity index (χ2n) is 4.55. The second-order valence-corrected chi connectivity index (χ2v) is 5.65. The quantitative estimate of drug-likeness (QED) is 0.604. The molecular formula is C16H20O2S. The Labute approximate surface area is 119 Å². The third kappa shape index (κ3) is 5.18. The third-order valence-electron chi connectivity index (χ3n) is 3.14. The van der Waals surface area contributed by atoms with Crippen LogP contribution in [0.4, 0.5) is 0 Å². The van der Waals surface area contributed by atoms with Gasteiger partial charge in [0, 0.05) is 23.9 Å². The first-order valence-corrected chi connectivity index (χ1v) is 7.70. The number of rotatable bonds is 5. The van der Waals surface area contributed by atoms with Crippen molar-refractivity contribution in [1.82, 2.24) is 0 Å². The Morgan fingerprint density at radius 1 is 1.26 bits per heavy atom. The molecule has 2 rings (SSSR count). The molecule has 1 aromatic rings. The van der Waals surface area contributed by atoms with Crippen molar-refractivity contribution in [2.45, 2.75) is 24.7 Å². The molecule has 0 bridgehead atoms. The zero-order valence-electron chi connectivity index (χ0n) is 11.4. The Hall–Kier alpha value is -1.11. The highest BCUT2D eigenvalue weighted by atomic mass is 32.2. The van der Waals surface area contributed by atoms with Gasteiger partial charge >= 0.3 is 0 Å². The SMILES string of the molecule is CC#CCOc1ccc(SCC2CCOCC2)cc1. The van der Waals surface area contributed by atoms with E-state index < -0.39 is 0 Å². The summed E-state index contributed by atoms with van der Waals surface area (Å²) in [5, 5.41) is 0. The number of benzene rings is 1. The van der Waals surface area contributed by atoms with Gasteiger partial charge in [0.25, 0.3) is 0 Å². The van der Waals surface area contributed by atoms with Crippen molar-refractivity contribution in [3.63, 3.8) is 0 Å². The van der Waals surface area contributed by atoms with E-state index in [0.29, 0.717) is 6.61 Å². The summed E-state index contributed by atoms with van der Waals surface area (Å²) in [4.78, 5) is 1.31. The molecule has 3 heteroatoms. The van der Waals surface area contributed by atoms with Gasteiger partial charge in [-0.05, 0) is 49.9 Å². The van der Waals surface area contributed by atoms with Gasteiger partial charge in [-0.25, -0.2) is 0 Å². The van der Waals surface area contributed by atoms with Gasteiger partial charge in [0.15, 0.2) is 0 Å². The molecule has 0 aromatic heterocycles. The van der Waals surface area contributed by atoms with Crippen molar-refractivity contribution in [2.24, 2.45) is 5.92 Å². The highest BCUT2D eigenvalue weighted by Gasteiger charge is 2.13. The summed E-state index contributed by atoms with van der Waals surface area (Å²) in [5.41, 5.74) is 0. The van der Waals surface area contributed by atoms with Crippen LogP contribution in [0.3, 0.4) is 0 Å². The Bertz CT molecular complexity index is 424. The lowest BCUT2D eigenvalue weighted by molar-refractivity contribution is 0.0728. The standard InChI is InChI=1S/C16H20O2S/c1-2-3-10-18-15-4-6-16(7-5-15)19-13-14-8-11-17-12-9-14/h4-7,14H,8-13H2,1H3. The number of hydrogen-bond donors (Lipinski definition) is 0. The molecule has 0 unspecified atom stereocenters. The number of hydrogen-bond acceptors (Lipinski definition) is 3. The second kappa shape index (κ2) is 8.14. The van der Waals surface area contributed by atoms with Crippen molar-refractivity contribution in [3.05, 3.63) is 24.3 Å². The van der Waals surface area contributed by atoms with Gasteiger partial charge in [0.1, 0.15) is 12.4 Å². The molecule has 1 heterocycles. The molecule has 1 aliphatic heterocycles. The fourth-order valence-electron chi connectivity index (χ4n) is 1.95. The average molecular weight is 276 g/mol. The molecule has 0 spiro atoms. The van der Waals surface area contributed by atoms with E-state index in [-0.39, 0.29) is 0 Å². The number of ether oxygens (including phenoxy) is 2. The molecule has 1 aliphatic rings. The highest BCUT2D eigenvalue weighted by molar-refractivity contribution is 7.99. The Morgan fingerprint density at radius 3 is 2.68 bits per heavy atom. The average Bonchev–Trinajstić information content (AvgIpc) is 2.48. The van der Waals surface area contributed by atoms with Crippen LogP contribution in [-0.4, -0.2) is 25.6 Å². The lowest BCUT2D eigenvalue weighted by atomic mass is 10.0. The summed E-state index contributed by atoms with van der Waals surface area (Å²) in [6, 6.07) is 8.28. The molecule has 1 aromatic carbocycles. The lowest BCUT2D eigenvalue weighted by Crippen LogP contribution is -2.17. The van der Waals surface area contributed by atoms with Crippen LogP contribution < -0.4 is 4.74 Å². The Kier molecular flexibility index (Phi) is 6.13. The zero-order chi connectivity index (χ0) is 13.3. The van der Waals surface area contributed by atoms with Crippen LogP contribution in [0.1, 0.15) is 19.8 Å². The Balaban J connectivity index is 1.75. The third-order valence-corrected chi connectivity index (χ3v) is 4.38. The minimum Gasteiger partial charge on any atom is -0.481 e. The highest BCUT2D eigenvalue weighted by Crippen LogP contribution is 2.27. The molecule has 1 fully saturated rings. The molecule has 19 heavy (non-hydrogen) atoms. The molecule has 0 N–H and O–H groups in total. The van der Waals surface area contributed by atoms with E-state index >= 15 is 0 Å². The number of thioether (sulfide) groups is 1. The fraction of sp³-hybridized carbons (Fsp3) is 0.500. The summed E-state index contributed by atoms with van der Waals surface area (Å²) >= 11 is 1.92. The van der Waals surface area contributed by atoms with Crippen LogP contribution in [0.2, 0.25) is 0 Å². The van der Waals surface area contributed by atoms with Crippen molar-refractivity contribution in [3.8, 4) is 17.6 Å². The van der Waals surface area contributed by atoms with Crippen LogP contribution >= 0.6 is 11.8 Å². The first kappa shape index (κ1) is 14.3. The lowest BCUT2D eigenvalue weighted by Gasteiger charge is -2.21. The molecule has 0 atom stereocenters. The van der Waals surface area contributed by atoms with E-state index in [1.54, 1.807) is 0 Å². The van der Waals surface area contributed by atoms with Crippen LogP contribution in [0.15, 0.2) is 29.2 Å².